The Balaban J connectivity index is 1.79. The number of thiophene rings is 1. The molecule has 0 aliphatic heterocycles. The summed E-state index contributed by atoms with van der Waals surface area (Å²) in [6.07, 6.45) is 3.11. The molecular weight excluding hydrogens is 558 g/mol. The minimum Gasteiger partial charge on any atom is -0.465 e. The standard InChI is InChI=1S/C21H15BrF2N2O4S3/c1-30-20(27)17-8-18(21(31-2)32-17)33(28,29)11-6-13(22)19-16(7-11)25-10-26(19)9-12-14(23)4-3-5-15(12)24/h3-8,10H,9H2,1-2H3. The Hall–Kier alpha value is -2.28. The van der Waals surface area contributed by atoms with Gasteiger partial charge in [0.15, 0.2) is 0 Å². The SMILES string of the molecule is COC(=O)c1cc(S(=O)(=O)c2cc(Br)c3c(c2)ncn3Cc2c(F)cccc2F)c(SC)s1. The highest BCUT2D eigenvalue weighted by atomic mass is 79.9. The Bertz CT molecular complexity index is 1480. The van der Waals surface area contributed by atoms with Crippen LogP contribution in [0.25, 0.3) is 11.0 Å². The number of carbonyl (C=O) groups excluding carboxylic acids is 1. The molecule has 0 saturated carbocycles. The molecule has 4 rings (SSSR count). The molecule has 33 heavy (non-hydrogen) atoms. The Morgan fingerprint density at radius 2 is 1.94 bits per heavy atom. The third-order valence-corrected chi connectivity index (χ3v) is 9.74. The number of imidazole rings is 1. The van der Waals surface area contributed by atoms with E-state index in [1.165, 1.54) is 66.2 Å². The quantitative estimate of drug-likeness (QED) is 0.223. The number of hydrogen-bond acceptors (Lipinski definition) is 7. The number of methoxy groups -OCH3 is 1. The predicted molar refractivity (Wildman–Crippen MR) is 126 cm³/mol. The van der Waals surface area contributed by atoms with Gasteiger partial charge in [0.25, 0.3) is 0 Å². The number of nitrogens with zero attached hydrogens (tertiary/aromatic N) is 2. The molecule has 0 amide bonds. The van der Waals surface area contributed by atoms with Crippen molar-refractivity contribution in [2.75, 3.05) is 13.4 Å². The van der Waals surface area contributed by atoms with Gasteiger partial charge in [-0.2, -0.15) is 0 Å². The van der Waals surface area contributed by atoms with Gasteiger partial charge in [-0.3, -0.25) is 0 Å². The van der Waals surface area contributed by atoms with Crippen molar-refractivity contribution >= 4 is 65.9 Å². The Morgan fingerprint density at radius 3 is 2.58 bits per heavy atom. The summed E-state index contributed by atoms with van der Waals surface area (Å²) in [5.74, 6) is -1.99. The van der Waals surface area contributed by atoms with Gasteiger partial charge in [-0.15, -0.1) is 23.1 Å². The number of carbonyl (C=O) groups is 1. The summed E-state index contributed by atoms with van der Waals surface area (Å²) in [4.78, 5) is 16.3. The van der Waals surface area contributed by atoms with E-state index in [9.17, 15) is 22.0 Å². The highest BCUT2D eigenvalue weighted by Crippen LogP contribution is 2.39. The molecule has 0 aliphatic carbocycles. The van der Waals surface area contributed by atoms with E-state index in [4.69, 9.17) is 4.74 Å². The van der Waals surface area contributed by atoms with Crippen molar-refractivity contribution < 1.29 is 26.7 Å². The maximum absolute atomic E-state index is 14.1. The summed E-state index contributed by atoms with van der Waals surface area (Å²) in [5, 5.41) is 0. The maximum atomic E-state index is 14.1. The summed E-state index contributed by atoms with van der Waals surface area (Å²) in [5.41, 5.74) is 0.690. The van der Waals surface area contributed by atoms with E-state index in [1.807, 2.05) is 0 Å². The lowest BCUT2D eigenvalue weighted by atomic mass is 10.2. The number of rotatable bonds is 6. The second-order valence-electron chi connectivity index (χ2n) is 6.81. The lowest BCUT2D eigenvalue weighted by Gasteiger charge is -2.10. The van der Waals surface area contributed by atoms with Gasteiger partial charge < -0.3 is 9.30 Å². The molecule has 0 radical (unpaired) electrons. The van der Waals surface area contributed by atoms with Crippen molar-refractivity contribution in [2.45, 2.75) is 20.5 Å². The molecule has 0 bridgehead atoms. The molecule has 0 fully saturated rings. The van der Waals surface area contributed by atoms with Crippen molar-refractivity contribution in [3.63, 3.8) is 0 Å². The number of benzene rings is 2. The molecule has 6 nitrogen and oxygen atoms in total. The van der Waals surface area contributed by atoms with Crippen LogP contribution in [0.3, 0.4) is 0 Å². The van der Waals surface area contributed by atoms with Crippen LogP contribution in [0.1, 0.15) is 15.2 Å². The van der Waals surface area contributed by atoms with E-state index < -0.39 is 27.4 Å². The first-order valence-electron chi connectivity index (χ1n) is 9.26. The van der Waals surface area contributed by atoms with Crippen molar-refractivity contribution in [2.24, 2.45) is 0 Å². The number of ether oxygens (including phenoxy) is 1. The number of sulfone groups is 1. The first-order chi connectivity index (χ1) is 15.7. The van der Waals surface area contributed by atoms with E-state index >= 15 is 0 Å². The van der Waals surface area contributed by atoms with Crippen LogP contribution in [0.15, 0.2) is 61.2 Å². The number of esters is 1. The van der Waals surface area contributed by atoms with Gasteiger partial charge in [-0.1, -0.05) is 6.07 Å². The second-order valence-corrected chi connectivity index (χ2v) is 11.7. The van der Waals surface area contributed by atoms with Gasteiger partial charge in [0.1, 0.15) is 16.5 Å². The van der Waals surface area contributed by atoms with E-state index in [-0.39, 0.29) is 26.8 Å². The molecule has 4 aromatic rings. The van der Waals surface area contributed by atoms with Crippen LogP contribution >= 0.6 is 39.0 Å². The van der Waals surface area contributed by atoms with E-state index in [2.05, 4.69) is 20.9 Å². The van der Waals surface area contributed by atoms with E-state index in [0.29, 0.717) is 19.7 Å². The minimum atomic E-state index is -4.00. The average molecular weight is 573 g/mol. The molecule has 0 spiro atoms. The fourth-order valence-corrected chi connectivity index (χ4v) is 8.07. The van der Waals surface area contributed by atoms with Gasteiger partial charge in [-0.05, 0) is 52.5 Å². The molecular formula is C21H15BrF2N2O4S3. The van der Waals surface area contributed by atoms with Gasteiger partial charge in [0.2, 0.25) is 9.84 Å². The molecule has 2 aromatic heterocycles. The summed E-state index contributed by atoms with van der Waals surface area (Å²) in [7, 11) is -2.77. The zero-order chi connectivity index (χ0) is 23.9. The first kappa shape index (κ1) is 23.9. The molecule has 0 atom stereocenters. The largest absolute Gasteiger partial charge is 0.465 e. The minimum absolute atomic E-state index is 0.000453. The van der Waals surface area contributed by atoms with Crippen LogP contribution in [-0.2, 0) is 21.1 Å². The number of aromatic nitrogens is 2. The molecule has 0 aliphatic rings. The fourth-order valence-electron chi connectivity index (χ4n) is 3.28. The number of hydrogen-bond donors (Lipinski definition) is 0. The fraction of sp³-hybridized carbons (Fsp3) is 0.143. The summed E-state index contributed by atoms with van der Waals surface area (Å²) < 4.78 is 62.1. The van der Waals surface area contributed by atoms with Crippen molar-refractivity contribution in [1.82, 2.24) is 9.55 Å². The van der Waals surface area contributed by atoms with Crippen LogP contribution in [0.4, 0.5) is 8.78 Å². The molecule has 0 unspecified atom stereocenters. The topological polar surface area (TPSA) is 78.3 Å². The van der Waals surface area contributed by atoms with E-state index in [0.717, 1.165) is 11.3 Å². The van der Waals surface area contributed by atoms with Crippen LogP contribution in [-0.4, -0.2) is 37.3 Å². The number of thioether (sulfide) groups is 1. The van der Waals surface area contributed by atoms with Crippen molar-refractivity contribution in [3.05, 3.63) is 69.3 Å². The van der Waals surface area contributed by atoms with Gasteiger partial charge in [0.05, 0.1) is 45.0 Å². The van der Waals surface area contributed by atoms with Crippen LogP contribution in [0.5, 0.6) is 0 Å². The smallest absolute Gasteiger partial charge is 0.348 e. The summed E-state index contributed by atoms with van der Waals surface area (Å²) in [6, 6.07) is 7.73. The molecule has 2 aromatic carbocycles. The molecule has 172 valence electrons. The highest BCUT2D eigenvalue weighted by molar-refractivity contribution is 9.10. The summed E-state index contributed by atoms with van der Waals surface area (Å²) in [6.45, 7) is -0.122. The van der Waals surface area contributed by atoms with Gasteiger partial charge in [0, 0.05) is 10.0 Å². The lowest BCUT2D eigenvalue weighted by Crippen LogP contribution is -2.05. The lowest BCUT2D eigenvalue weighted by molar-refractivity contribution is 0.0606. The van der Waals surface area contributed by atoms with Crippen molar-refractivity contribution in [1.29, 1.82) is 0 Å². The van der Waals surface area contributed by atoms with Crippen molar-refractivity contribution in [3.8, 4) is 0 Å². The zero-order valence-electron chi connectivity index (χ0n) is 17.1. The first-order valence-corrected chi connectivity index (χ1v) is 13.6. The molecule has 0 saturated heterocycles. The monoisotopic (exact) mass is 572 g/mol. The normalized spacial score (nSPS) is 11.8. The van der Waals surface area contributed by atoms with Gasteiger partial charge >= 0.3 is 5.97 Å². The Kier molecular flexibility index (Phi) is 6.63. The predicted octanol–water partition coefficient (Wildman–Crippen LogP) is 5.53. The second kappa shape index (κ2) is 9.16. The van der Waals surface area contributed by atoms with Gasteiger partial charge in [-0.25, -0.2) is 27.0 Å². The molecule has 0 N–H and O–H groups in total. The maximum Gasteiger partial charge on any atom is 0.348 e. The average Bonchev–Trinajstić information content (AvgIpc) is 3.41. The van der Waals surface area contributed by atoms with E-state index in [1.54, 1.807) is 6.26 Å². The summed E-state index contributed by atoms with van der Waals surface area (Å²) >= 11 is 5.63. The Labute approximate surface area is 204 Å². The zero-order valence-corrected chi connectivity index (χ0v) is 21.2. The van der Waals surface area contributed by atoms with Crippen LogP contribution in [0, 0.1) is 11.6 Å². The number of fused-ring (bicyclic) bond motifs is 1. The highest BCUT2D eigenvalue weighted by Gasteiger charge is 2.28. The van der Waals surface area contributed by atoms with Crippen LogP contribution in [0.2, 0.25) is 0 Å². The Morgan fingerprint density at radius 1 is 1.24 bits per heavy atom. The molecule has 12 heteroatoms. The molecule has 2 heterocycles. The van der Waals surface area contributed by atoms with Crippen LogP contribution < -0.4 is 0 Å². The third kappa shape index (κ3) is 4.32. The number of halogens is 3. The third-order valence-electron chi connectivity index (χ3n) is 4.87.